The van der Waals surface area contributed by atoms with Crippen LogP contribution in [0.4, 0.5) is 0 Å². The van der Waals surface area contributed by atoms with Gasteiger partial charge >= 0.3 is 0 Å². The smallest absolute Gasteiger partial charge is 0.239 e. The van der Waals surface area contributed by atoms with Crippen LogP contribution in [0.25, 0.3) is 0 Å². The molecule has 0 bridgehead atoms. The van der Waals surface area contributed by atoms with Crippen molar-refractivity contribution in [2.24, 2.45) is 11.7 Å². The van der Waals surface area contributed by atoms with E-state index < -0.39 is 6.04 Å². The van der Waals surface area contributed by atoms with Crippen LogP contribution in [0.2, 0.25) is 0 Å². The molecule has 1 aromatic carbocycles. The molecular formula is C15H24N2O2. The van der Waals surface area contributed by atoms with Gasteiger partial charge in [-0.15, -0.1) is 0 Å². The highest BCUT2D eigenvalue weighted by atomic mass is 16.3. The number of rotatable bonds is 6. The van der Waals surface area contributed by atoms with Gasteiger partial charge in [-0.2, -0.15) is 0 Å². The molecule has 0 spiro atoms. The summed E-state index contributed by atoms with van der Waals surface area (Å²) in [6.45, 7) is 7.55. The topological polar surface area (TPSA) is 66.6 Å². The zero-order valence-electron chi connectivity index (χ0n) is 12.0. The molecule has 0 aliphatic carbocycles. The second-order valence-corrected chi connectivity index (χ2v) is 5.25. The Bertz CT molecular complexity index is 401. The van der Waals surface area contributed by atoms with Crippen LogP contribution in [0.1, 0.15) is 26.3 Å². The van der Waals surface area contributed by atoms with Crippen molar-refractivity contribution in [3.63, 3.8) is 0 Å². The molecule has 0 aliphatic heterocycles. The lowest BCUT2D eigenvalue weighted by atomic mass is 10.0. The highest BCUT2D eigenvalue weighted by Crippen LogP contribution is 2.12. The molecule has 4 heteroatoms. The molecule has 1 rings (SSSR count). The van der Waals surface area contributed by atoms with Crippen molar-refractivity contribution in [1.82, 2.24) is 4.90 Å². The van der Waals surface area contributed by atoms with Crippen LogP contribution in [-0.2, 0) is 11.2 Å². The Labute approximate surface area is 115 Å². The van der Waals surface area contributed by atoms with E-state index in [1.807, 2.05) is 6.92 Å². The number of amides is 1. The number of aromatic hydroxyl groups is 1. The van der Waals surface area contributed by atoms with E-state index in [0.29, 0.717) is 18.9 Å². The van der Waals surface area contributed by atoms with E-state index in [1.54, 1.807) is 29.2 Å². The van der Waals surface area contributed by atoms with Gasteiger partial charge in [-0.05, 0) is 37.0 Å². The number of benzene rings is 1. The molecule has 4 nitrogen and oxygen atoms in total. The number of nitrogens with two attached hydrogens (primary N) is 1. The number of likely N-dealkylation sites (N-methyl/N-ethyl adjacent to an activating group) is 1. The zero-order valence-corrected chi connectivity index (χ0v) is 12.0. The molecule has 3 N–H and O–H groups in total. The van der Waals surface area contributed by atoms with Gasteiger partial charge in [0.2, 0.25) is 5.91 Å². The quantitative estimate of drug-likeness (QED) is 0.823. The normalized spacial score (nSPS) is 12.5. The number of hydrogen-bond donors (Lipinski definition) is 2. The van der Waals surface area contributed by atoms with Gasteiger partial charge in [-0.1, -0.05) is 26.0 Å². The van der Waals surface area contributed by atoms with Crippen LogP contribution in [0, 0.1) is 5.92 Å². The summed E-state index contributed by atoms with van der Waals surface area (Å²) in [7, 11) is 0. The van der Waals surface area contributed by atoms with E-state index in [0.717, 1.165) is 12.1 Å². The second-order valence-electron chi connectivity index (χ2n) is 5.25. The van der Waals surface area contributed by atoms with E-state index >= 15 is 0 Å². The van der Waals surface area contributed by atoms with Gasteiger partial charge in [-0.25, -0.2) is 0 Å². The number of nitrogens with zero attached hydrogens (tertiary/aromatic N) is 1. The molecule has 106 valence electrons. The molecule has 1 aromatic rings. The monoisotopic (exact) mass is 264 g/mol. The van der Waals surface area contributed by atoms with Gasteiger partial charge in [0.05, 0.1) is 6.04 Å². The van der Waals surface area contributed by atoms with Gasteiger partial charge in [0.15, 0.2) is 0 Å². The van der Waals surface area contributed by atoms with Gasteiger partial charge in [0.1, 0.15) is 5.75 Å². The maximum absolute atomic E-state index is 12.2. The summed E-state index contributed by atoms with van der Waals surface area (Å²) in [5.41, 5.74) is 6.94. The second kappa shape index (κ2) is 7.14. The largest absolute Gasteiger partial charge is 0.508 e. The Morgan fingerprint density at radius 3 is 2.37 bits per heavy atom. The highest BCUT2D eigenvalue weighted by Gasteiger charge is 2.20. The Hall–Kier alpha value is -1.55. The summed E-state index contributed by atoms with van der Waals surface area (Å²) >= 11 is 0. The number of phenolic OH excluding ortho intramolecular Hbond substituents is 1. The molecule has 0 heterocycles. The van der Waals surface area contributed by atoms with Crippen molar-refractivity contribution < 1.29 is 9.90 Å². The third-order valence-electron chi connectivity index (χ3n) is 2.99. The van der Waals surface area contributed by atoms with E-state index in [1.165, 1.54) is 0 Å². The van der Waals surface area contributed by atoms with Crippen molar-refractivity contribution in [3.05, 3.63) is 29.8 Å². The Morgan fingerprint density at radius 1 is 1.32 bits per heavy atom. The summed E-state index contributed by atoms with van der Waals surface area (Å²) in [6.07, 6.45) is 0.494. The van der Waals surface area contributed by atoms with Crippen LogP contribution in [0.15, 0.2) is 24.3 Å². The first-order valence-corrected chi connectivity index (χ1v) is 6.76. The van der Waals surface area contributed by atoms with Gasteiger partial charge < -0.3 is 15.7 Å². The molecule has 0 unspecified atom stereocenters. The average molecular weight is 264 g/mol. The van der Waals surface area contributed by atoms with Crippen molar-refractivity contribution >= 4 is 5.91 Å². The standard InChI is InChI=1S/C15H24N2O2/c1-4-17(10-11(2)3)15(19)14(16)9-12-5-7-13(18)8-6-12/h5-8,11,14,18H,4,9-10,16H2,1-3H3/t14-/m0/s1. The van der Waals surface area contributed by atoms with Gasteiger partial charge in [0.25, 0.3) is 0 Å². The third kappa shape index (κ3) is 4.91. The first-order chi connectivity index (χ1) is 8.93. The Balaban J connectivity index is 2.63. The fraction of sp³-hybridized carbons (Fsp3) is 0.533. The lowest BCUT2D eigenvalue weighted by Crippen LogP contribution is -2.46. The van der Waals surface area contributed by atoms with Crippen molar-refractivity contribution in [1.29, 1.82) is 0 Å². The van der Waals surface area contributed by atoms with Crippen LogP contribution in [0.3, 0.4) is 0 Å². The summed E-state index contributed by atoms with van der Waals surface area (Å²) in [5, 5.41) is 9.22. The maximum atomic E-state index is 12.2. The fourth-order valence-corrected chi connectivity index (χ4v) is 2.02. The van der Waals surface area contributed by atoms with Gasteiger partial charge in [-0.3, -0.25) is 4.79 Å². The predicted octanol–water partition coefficient (Wildman–Crippen LogP) is 1.77. The number of phenols is 1. The van der Waals surface area contributed by atoms with Crippen LogP contribution >= 0.6 is 0 Å². The van der Waals surface area contributed by atoms with E-state index in [2.05, 4.69) is 13.8 Å². The minimum atomic E-state index is -0.525. The van der Waals surface area contributed by atoms with Crippen LogP contribution < -0.4 is 5.73 Å². The van der Waals surface area contributed by atoms with Crippen molar-refractivity contribution in [3.8, 4) is 5.75 Å². The molecule has 0 aromatic heterocycles. The first kappa shape index (κ1) is 15.5. The van der Waals surface area contributed by atoms with Crippen LogP contribution in [0.5, 0.6) is 5.75 Å². The molecule has 0 radical (unpaired) electrons. The first-order valence-electron chi connectivity index (χ1n) is 6.76. The van der Waals surface area contributed by atoms with E-state index in [-0.39, 0.29) is 11.7 Å². The summed E-state index contributed by atoms with van der Waals surface area (Å²) in [6, 6.07) is 6.28. The summed E-state index contributed by atoms with van der Waals surface area (Å²) in [4.78, 5) is 14.0. The lowest BCUT2D eigenvalue weighted by molar-refractivity contribution is -0.132. The van der Waals surface area contributed by atoms with Crippen LogP contribution in [-0.4, -0.2) is 35.0 Å². The SMILES string of the molecule is CCN(CC(C)C)C(=O)[C@@H](N)Cc1ccc(O)cc1. The molecule has 1 atom stereocenters. The van der Waals surface area contributed by atoms with E-state index in [9.17, 15) is 9.90 Å². The molecular weight excluding hydrogens is 240 g/mol. The molecule has 0 fully saturated rings. The van der Waals surface area contributed by atoms with E-state index in [4.69, 9.17) is 5.73 Å². The van der Waals surface area contributed by atoms with Gasteiger partial charge in [0, 0.05) is 13.1 Å². The molecule has 0 saturated heterocycles. The van der Waals surface area contributed by atoms with Crippen molar-refractivity contribution in [2.75, 3.05) is 13.1 Å². The zero-order chi connectivity index (χ0) is 14.4. The predicted molar refractivity (Wildman–Crippen MR) is 76.9 cm³/mol. The Morgan fingerprint density at radius 2 is 1.89 bits per heavy atom. The molecule has 19 heavy (non-hydrogen) atoms. The maximum Gasteiger partial charge on any atom is 0.239 e. The number of carbonyl (C=O) groups is 1. The molecule has 1 amide bonds. The average Bonchev–Trinajstić information content (AvgIpc) is 2.37. The molecule has 0 aliphatic rings. The summed E-state index contributed by atoms with van der Waals surface area (Å²) < 4.78 is 0. The number of carbonyl (C=O) groups excluding carboxylic acids is 1. The highest BCUT2D eigenvalue weighted by molar-refractivity contribution is 5.82. The minimum Gasteiger partial charge on any atom is -0.508 e. The lowest BCUT2D eigenvalue weighted by Gasteiger charge is -2.26. The summed E-state index contributed by atoms with van der Waals surface area (Å²) in [5.74, 6) is 0.646. The Kier molecular flexibility index (Phi) is 5.83. The van der Waals surface area contributed by atoms with Crippen molar-refractivity contribution in [2.45, 2.75) is 33.2 Å². The third-order valence-corrected chi connectivity index (χ3v) is 2.99. The molecule has 0 saturated carbocycles. The fourth-order valence-electron chi connectivity index (χ4n) is 2.02. The number of hydrogen-bond acceptors (Lipinski definition) is 3. The minimum absolute atomic E-state index is 0.00993.